The van der Waals surface area contributed by atoms with Crippen molar-refractivity contribution in [3.8, 4) is 0 Å². The number of hydrogen-bond donors (Lipinski definition) is 3. The molecular formula is C25H18N4O5. The first-order valence-corrected chi connectivity index (χ1v) is 10.1. The molecule has 0 atom stereocenters. The van der Waals surface area contributed by atoms with E-state index in [0.717, 1.165) is 6.21 Å². The minimum atomic E-state index is -1.08. The van der Waals surface area contributed by atoms with Crippen molar-refractivity contribution < 1.29 is 18.8 Å². The fourth-order valence-corrected chi connectivity index (χ4v) is 3.08. The number of carbonyl (C=O) groups excluding carboxylic acids is 3. The molecule has 3 amide bonds. The van der Waals surface area contributed by atoms with E-state index < -0.39 is 17.7 Å². The van der Waals surface area contributed by atoms with Crippen LogP contribution in [0, 0.1) is 0 Å². The predicted octanol–water partition coefficient (Wildman–Crippen LogP) is 3.13. The second kappa shape index (κ2) is 10.0. The van der Waals surface area contributed by atoms with Crippen LogP contribution in [0.4, 0.5) is 11.4 Å². The molecule has 0 radical (unpaired) electrons. The van der Waals surface area contributed by atoms with Crippen LogP contribution < -0.4 is 21.5 Å². The first kappa shape index (κ1) is 22.2. The van der Waals surface area contributed by atoms with E-state index >= 15 is 0 Å². The highest BCUT2D eigenvalue weighted by Gasteiger charge is 2.18. The van der Waals surface area contributed by atoms with Crippen molar-refractivity contribution in [2.45, 2.75) is 0 Å². The molecule has 9 nitrogen and oxygen atoms in total. The van der Waals surface area contributed by atoms with E-state index in [4.69, 9.17) is 4.42 Å². The standard InChI is InChI=1S/C25H18N4O5/c30-22-16(15-34-21-13-7-5-11-19(21)22)14-26-29-25(33)24(32)28-20-12-6-4-10-18(20)23(31)27-17-8-2-1-3-9-17/h1-15H,(H,27,31)(H,28,32)(H,29,33)/b26-14-. The van der Waals surface area contributed by atoms with Crippen LogP contribution in [0.25, 0.3) is 11.0 Å². The van der Waals surface area contributed by atoms with Gasteiger partial charge >= 0.3 is 11.8 Å². The van der Waals surface area contributed by atoms with Gasteiger partial charge < -0.3 is 15.1 Å². The monoisotopic (exact) mass is 454 g/mol. The normalized spacial score (nSPS) is 10.7. The average molecular weight is 454 g/mol. The smallest absolute Gasteiger partial charge is 0.329 e. The van der Waals surface area contributed by atoms with Gasteiger partial charge in [-0.25, -0.2) is 5.43 Å². The lowest BCUT2D eigenvalue weighted by Gasteiger charge is -2.11. The summed E-state index contributed by atoms with van der Waals surface area (Å²) in [5.74, 6) is -2.58. The third-order valence-electron chi connectivity index (χ3n) is 4.73. The number of hydrazone groups is 1. The molecule has 4 rings (SSSR count). The number of benzene rings is 3. The number of nitrogens with one attached hydrogen (secondary N) is 3. The lowest BCUT2D eigenvalue weighted by Crippen LogP contribution is -2.33. The van der Waals surface area contributed by atoms with E-state index in [1.165, 1.54) is 18.4 Å². The van der Waals surface area contributed by atoms with E-state index in [-0.39, 0.29) is 22.2 Å². The number of nitrogens with zero attached hydrogens (tertiary/aromatic N) is 1. The maximum Gasteiger partial charge on any atom is 0.329 e. The van der Waals surface area contributed by atoms with E-state index in [1.807, 2.05) is 6.07 Å². The van der Waals surface area contributed by atoms with Gasteiger partial charge in [-0.3, -0.25) is 19.2 Å². The van der Waals surface area contributed by atoms with E-state index in [0.29, 0.717) is 16.7 Å². The number of para-hydroxylation sites is 3. The summed E-state index contributed by atoms with van der Waals surface area (Å²) in [5, 5.41) is 9.14. The summed E-state index contributed by atoms with van der Waals surface area (Å²) in [6, 6.07) is 21.8. The molecule has 0 unspecified atom stereocenters. The summed E-state index contributed by atoms with van der Waals surface area (Å²) in [7, 11) is 0. The number of carbonyl (C=O) groups is 3. The summed E-state index contributed by atoms with van der Waals surface area (Å²) < 4.78 is 5.36. The second-order valence-corrected chi connectivity index (χ2v) is 7.04. The summed E-state index contributed by atoms with van der Waals surface area (Å²) in [5.41, 5.74) is 3.14. The van der Waals surface area contributed by atoms with Crippen LogP contribution in [0.5, 0.6) is 0 Å². The number of hydrogen-bond acceptors (Lipinski definition) is 6. The van der Waals surface area contributed by atoms with E-state index in [1.54, 1.807) is 60.7 Å². The molecule has 0 aliphatic heterocycles. The molecule has 0 saturated carbocycles. The molecule has 34 heavy (non-hydrogen) atoms. The largest absolute Gasteiger partial charge is 0.463 e. The molecule has 0 fully saturated rings. The van der Waals surface area contributed by atoms with Gasteiger partial charge in [-0.15, -0.1) is 0 Å². The molecular weight excluding hydrogens is 436 g/mol. The topological polar surface area (TPSA) is 130 Å². The molecule has 3 aromatic carbocycles. The van der Waals surface area contributed by atoms with Crippen LogP contribution in [0.3, 0.4) is 0 Å². The van der Waals surface area contributed by atoms with Crippen LogP contribution in [0.1, 0.15) is 15.9 Å². The van der Waals surface area contributed by atoms with Crippen LogP contribution in [0.15, 0.2) is 99.4 Å². The molecule has 1 heterocycles. The predicted molar refractivity (Wildman–Crippen MR) is 128 cm³/mol. The van der Waals surface area contributed by atoms with Gasteiger partial charge in [0.25, 0.3) is 5.91 Å². The Balaban J connectivity index is 1.42. The highest BCUT2D eigenvalue weighted by Crippen LogP contribution is 2.17. The Bertz CT molecular complexity index is 1460. The van der Waals surface area contributed by atoms with Gasteiger partial charge in [0.1, 0.15) is 11.8 Å². The van der Waals surface area contributed by atoms with E-state index in [9.17, 15) is 19.2 Å². The Hall–Kier alpha value is -5.05. The van der Waals surface area contributed by atoms with Crippen molar-refractivity contribution in [3.63, 3.8) is 0 Å². The molecule has 1 aromatic heterocycles. The Morgan fingerprint density at radius 3 is 2.32 bits per heavy atom. The lowest BCUT2D eigenvalue weighted by atomic mass is 10.1. The number of rotatable bonds is 5. The van der Waals surface area contributed by atoms with Crippen LogP contribution >= 0.6 is 0 Å². The summed E-state index contributed by atoms with van der Waals surface area (Å²) in [6.45, 7) is 0. The third kappa shape index (κ3) is 5.05. The Labute approximate surface area is 193 Å². The average Bonchev–Trinajstić information content (AvgIpc) is 2.86. The third-order valence-corrected chi connectivity index (χ3v) is 4.73. The van der Waals surface area contributed by atoms with Crippen LogP contribution in [-0.2, 0) is 9.59 Å². The minimum absolute atomic E-state index is 0.0994. The van der Waals surface area contributed by atoms with Gasteiger partial charge in [0.15, 0.2) is 0 Å². The fourth-order valence-electron chi connectivity index (χ4n) is 3.08. The molecule has 0 aliphatic carbocycles. The Morgan fingerprint density at radius 2 is 1.50 bits per heavy atom. The van der Waals surface area contributed by atoms with Gasteiger partial charge in [-0.05, 0) is 36.4 Å². The van der Waals surface area contributed by atoms with Crippen molar-refractivity contribution >= 4 is 46.3 Å². The Kier molecular flexibility index (Phi) is 6.55. The highest BCUT2D eigenvalue weighted by molar-refractivity contribution is 6.40. The van der Waals surface area contributed by atoms with Crippen molar-refractivity contribution in [1.29, 1.82) is 0 Å². The van der Waals surface area contributed by atoms with Gasteiger partial charge in [-0.1, -0.05) is 42.5 Å². The van der Waals surface area contributed by atoms with Gasteiger partial charge in [0.05, 0.1) is 28.4 Å². The van der Waals surface area contributed by atoms with Crippen molar-refractivity contribution in [2.24, 2.45) is 5.10 Å². The zero-order chi connectivity index (χ0) is 23.9. The van der Waals surface area contributed by atoms with Gasteiger partial charge in [0, 0.05) is 5.69 Å². The van der Waals surface area contributed by atoms with Gasteiger partial charge in [0.2, 0.25) is 5.43 Å². The molecule has 168 valence electrons. The molecule has 4 aromatic rings. The molecule has 3 N–H and O–H groups in total. The fraction of sp³-hybridized carbons (Fsp3) is 0. The van der Waals surface area contributed by atoms with Crippen LogP contribution in [0.2, 0.25) is 0 Å². The van der Waals surface area contributed by atoms with Crippen molar-refractivity contribution in [3.05, 3.63) is 106 Å². The van der Waals surface area contributed by atoms with Crippen molar-refractivity contribution in [2.75, 3.05) is 10.6 Å². The summed E-state index contributed by atoms with van der Waals surface area (Å²) in [4.78, 5) is 49.5. The second-order valence-electron chi connectivity index (χ2n) is 7.04. The van der Waals surface area contributed by atoms with Crippen molar-refractivity contribution in [1.82, 2.24) is 5.43 Å². The number of fused-ring (bicyclic) bond motifs is 1. The molecule has 0 bridgehead atoms. The zero-order valence-corrected chi connectivity index (χ0v) is 17.6. The number of amides is 3. The molecule has 0 spiro atoms. The van der Waals surface area contributed by atoms with Gasteiger partial charge in [-0.2, -0.15) is 5.10 Å². The Morgan fingerprint density at radius 1 is 0.794 bits per heavy atom. The maximum absolute atomic E-state index is 12.6. The number of anilines is 2. The quantitative estimate of drug-likeness (QED) is 0.242. The highest BCUT2D eigenvalue weighted by atomic mass is 16.3. The minimum Gasteiger partial charge on any atom is -0.463 e. The SMILES string of the molecule is O=C(N/N=C\c1coc2ccccc2c1=O)C(=O)Nc1ccccc1C(=O)Nc1ccccc1. The molecule has 9 heteroatoms. The summed E-state index contributed by atoms with van der Waals surface area (Å²) in [6.07, 6.45) is 2.30. The summed E-state index contributed by atoms with van der Waals surface area (Å²) >= 11 is 0. The molecule has 0 saturated heterocycles. The first-order valence-electron chi connectivity index (χ1n) is 10.1. The lowest BCUT2D eigenvalue weighted by molar-refractivity contribution is -0.136. The maximum atomic E-state index is 12.6. The zero-order valence-electron chi connectivity index (χ0n) is 17.6. The van der Waals surface area contributed by atoms with Crippen LogP contribution in [-0.4, -0.2) is 23.9 Å². The first-order chi connectivity index (χ1) is 16.5. The van der Waals surface area contributed by atoms with E-state index in [2.05, 4.69) is 21.2 Å². The molecule has 0 aliphatic rings.